The van der Waals surface area contributed by atoms with Crippen LogP contribution in [0.1, 0.15) is 19.4 Å². The van der Waals surface area contributed by atoms with E-state index in [0.29, 0.717) is 12.1 Å². The van der Waals surface area contributed by atoms with Crippen LogP contribution in [-0.4, -0.2) is 17.8 Å². The number of hydrogen-bond donors (Lipinski definition) is 2. The van der Waals surface area contributed by atoms with E-state index in [-0.39, 0.29) is 18.6 Å². The molecule has 2 nitrogen and oxygen atoms in total. The van der Waals surface area contributed by atoms with Crippen LogP contribution in [0.25, 0.3) is 0 Å². The lowest BCUT2D eigenvalue weighted by atomic mass is 10.1. The van der Waals surface area contributed by atoms with E-state index in [1.807, 2.05) is 13.8 Å². The van der Waals surface area contributed by atoms with Crippen molar-refractivity contribution in [2.45, 2.75) is 26.4 Å². The molecule has 0 saturated carbocycles. The minimum atomic E-state index is -0.582. The fraction of sp³-hybridized carbons (Fsp3) is 0.500. The molecule has 0 bridgehead atoms. The number of aliphatic hydroxyl groups is 1. The minimum Gasteiger partial charge on any atom is -0.395 e. The molecular weight excluding hydrogens is 212 g/mol. The van der Waals surface area contributed by atoms with E-state index in [1.165, 1.54) is 12.1 Å². The summed E-state index contributed by atoms with van der Waals surface area (Å²) < 4.78 is 25.8. The zero-order chi connectivity index (χ0) is 12.1. The lowest BCUT2D eigenvalue weighted by molar-refractivity contribution is 0.210. The van der Waals surface area contributed by atoms with E-state index < -0.39 is 11.6 Å². The summed E-state index contributed by atoms with van der Waals surface area (Å²) in [4.78, 5) is 0. The van der Waals surface area contributed by atoms with E-state index in [2.05, 4.69) is 5.32 Å². The van der Waals surface area contributed by atoms with Gasteiger partial charge < -0.3 is 10.4 Å². The van der Waals surface area contributed by atoms with Gasteiger partial charge in [0, 0.05) is 18.7 Å². The largest absolute Gasteiger partial charge is 0.395 e. The molecule has 0 aromatic heterocycles. The quantitative estimate of drug-likeness (QED) is 0.810. The van der Waals surface area contributed by atoms with Gasteiger partial charge in [0.15, 0.2) is 0 Å². The number of halogens is 2. The molecule has 0 amide bonds. The third kappa shape index (κ3) is 3.87. The van der Waals surface area contributed by atoms with Crippen molar-refractivity contribution in [1.82, 2.24) is 5.32 Å². The second-order valence-corrected chi connectivity index (χ2v) is 4.19. The maximum Gasteiger partial charge on any atom is 0.126 e. The van der Waals surface area contributed by atoms with Crippen molar-refractivity contribution in [3.8, 4) is 0 Å². The maximum absolute atomic E-state index is 12.9. The Morgan fingerprint density at radius 1 is 1.19 bits per heavy atom. The number of hydrogen-bond acceptors (Lipinski definition) is 2. The third-order valence-corrected chi connectivity index (χ3v) is 2.49. The molecule has 1 unspecified atom stereocenters. The van der Waals surface area contributed by atoms with Crippen LogP contribution in [0.2, 0.25) is 0 Å². The Hall–Kier alpha value is -1.00. The van der Waals surface area contributed by atoms with E-state index in [0.717, 1.165) is 6.07 Å². The molecule has 1 atom stereocenters. The van der Waals surface area contributed by atoms with Crippen LogP contribution in [0.5, 0.6) is 0 Å². The van der Waals surface area contributed by atoms with Crippen molar-refractivity contribution >= 4 is 0 Å². The summed E-state index contributed by atoms with van der Waals surface area (Å²) in [7, 11) is 0. The molecular formula is C12H17F2NO. The molecule has 90 valence electrons. The molecule has 0 aliphatic carbocycles. The first-order valence-electron chi connectivity index (χ1n) is 5.32. The summed E-state index contributed by atoms with van der Waals surface area (Å²) in [5.74, 6) is -0.896. The van der Waals surface area contributed by atoms with Crippen LogP contribution < -0.4 is 5.32 Å². The van der Waals surface area contributed by atoms with Crippen LogP contribution in [0.3, 0.4) is 0 Å². The molecule has 16 heavy (non-hydrogen) atoms. The first kappa shape index (κ1) is 13.1. The number of rotatable bonds is 5. The van der Waals surface area contributed by atoms with Crippen molar-refractivity contribution < 1.29 is 13.9 Å². The Morgan fingerprint density at radius 2 is 1.75 bits per heavy atom. The van der Waals surface area contributed by atoms with E-state index in [9.17, 15) is 8.78 Å². The van der Waals surface area contributed by atoms with Crippen molar-refractivity contribution in [1.29, 1.82) is 0 Å². The number of benzene rings is 1. The highest BCUT2D eigenvalue weighted by Crippen LogP contribution is 2.09. The summed E-state index contributed by atoms with van der Waals surface area (Å²) >= 11 is 0. The predicted octanol–water partition coefficient (Wildman–Crippen LogP) is 2.07. The molecule has 1 aromatic rings. The molecule has 0 heterocycles. The second-order valence-electron chi connectivity index (χ2n) is 4.19. The lowest BCUT2D eigenvalue weighted by Crippen LogP contribution is -2.36. The smallest absolute Gasteiger partial charge is 0.126 e. The van der Waals surface area contributed by atoms with Gasteiger partial charge in [0.2, 0.25) is 0 Å². The molecule has 2 N–H and O–H groups in total. The summed E-state index contributed by atoms with van der Waals surface area (Å²) in [6.45, 7) is 4.30. The molecule has 0 fully saturated rings. The molecule has 1 rings (SSSR count). The monoisotopic (exact) mass is 229 g/mol. The predicted molar refractivity (Wildman–Crippen MR) is 58.9 cm³/mol. The van der Waals surface area contributed by atoms with Gasteiger partial charge in [-0.15, -0.1) is 0 Å². The SMILES string of the molecule is CC(C)C(CO)NCc1cc(F)cc(F)c1. The topological polar surface area (TPSA) is 32.3 Å². The van der Waals surface area contributed by atoms with Gasteiger partial charge in [-0.3, -0.25) is 0 Å². The molecule has 0 aliphatic heterocycles. The van der Waals surface area contributed by atoms with Crippen LogP contribution in [0, 0.1) is 17.6 Å². The zero-order valence-electron chi connectivity index (χ0n) is 9.50. The number of nitrogens with one attached hydrogen (secondary N) is 1. The first-order valence-corrected chi connectivity index (χ1v) is 5.32. The third-order valence-electron chi connectivity index (χ3n) is 2.49. The average molecular weight is 229 g/mol. The Labute approximate surface area is 94.3 Å². The van der Waals surface area contributed by atoms with Crippen LogP contribution in [0.15, 0.2) is 18.2 Å². The highest BCUT2D eigenvalue weighted by atomic mass is 19.1. The average Bonchev–Trinajstić information content (AvgIpc) is 2.16. The number of aliphatic hydroxyl groups excluding tert-OH is 1. The highest BCUT2D eigenvalue weighted by Gasteiger charge is 2.11. The Balaban J connectivity index is 2.60. The van der Waals surface area contributed by atoms with Gasteiger partial charge in [-0.2, -0.15) is 0 Å². The molecule has 1 aromatic carbocycles. The zero-order valence-corrected chi connectivity index (χ0v) is 9.50. The van der Waals surface area contributed by atoms with Crippen LogP contribution >= 0.6 is 0 Å². The van der Waals surface area contributed by atoms with Gasteiger partial charge in [-0.05, 0) is 23.6 Å². The Kier molecular flexibility index (Phi) is 4.83. The maximum atomic E-state index is 12.9. The fourth-order valence-electron chi connectivity index (χ4n) is 1.47. The van der Waals surface area contributed by atoms with Gasteiger partial charge in [0.25, 0.3) is 0 Å². The van der Waals surface area contributed by atoms with Gasteiger partial charge in [-0.25, -0.2) is 8.78 Å². The summed E-state index contributed by atoms with van der Waals surface area (Å²) in [6, 6.07) is 3.34. The van der Waals surface area contributed by atoms with E-state index >= 15 is 0 Å². The Morgan fingerprint density at radius 3 is 2.19 bits per heavy atom. The van der Waals surface area contributed by atoms with Gasteiger partial charge in [0.1, 0.15) is 11.6 Å². The van der Waals surface area contributed by atoms with Gasteiger partial charge >= 0.3 is 0 Å². The van der Waals surface area contributed by atoms with Crippen molar-refractivity contribution in [2.75, 3.05) is 6.61 Å². The summed E-state index contributed by atoms with van der Waals surface area (Å²) in [6.07, 6.45) is 0. The van der Waals surface area contributed by atoms with Crippen molar-refractivity contribution in [3.05, 3.63) is 35.4 Å². The molecule has 4 heteroatoms. The fourth-order valence-corrected chi connectivity index (χ4v) is 1.47. The van der Waals surface area contributed by atoms with E-state index in [1.54, 1.807) is 0 Å². The molecule has 0 spiro atoms. The molecule has 0 aliphatic rings. The van der Waals surface area contributed by atoms with Gasteiger partial charge in [-0.1, -0.05) is 13.8 Å². The minimum absolute atomic E-state index is 0.00939. The van der Waals surface area contributed by atoms with Crippen LogP contribution in [0.4, 0.5) is 8.78 Å². The highest BCUT2D eigenvalue weighted by molar-refractivity contribution is 5.17. The lowest BCUT2D eigenvalue weighted by Gasteiger charge is -2.19. The van der Waals surface area contributed by atoms with Crippen molar-refractivity contribution in [2.24, 2.45) is 5.92 Å². The molecule has 0 radical (unpaired) electrons. The van der Waals surface area contributed by atoms with Crippen molar-refractivity contribution in [3.63, 3.8) is 0 Å². The van der Waals surface area contributed by atoms with Crippen LogP contribution in [-0.2, 0) is 6.54 Å². The summed E-state index contributed by atoms with van der Waals surface area (Å²) in [5.41, 5.74) is 0.539. The van der Waals surface area contributed by atoms with Gasteiger partial charge in [0.05, 0.1) is 6.61 Å². The van der Waals surface area contributed by atoms with E-state index in [4.69, 9.17) is 5.11 Å². The summed E-state index contributed by atoms with van der Waals surface area (Å²) in [5, 5.41) is 12.1. The Bertz CT molecular complexity index is 322. The second kappa shape index (κ2) is 5.92. The first-order chi connectivity index (χ1) is 7.52. The normalized spacial score (nSPS) is 13.1. The molecule has 0 saturated heterocycles. The standard InChI is InChI=1S/C12H17F2NO/c1-8(2)12(7-16)15-6-9-3-10(13)5-11(14)4-9/h3-5,8,12,15-16H,6-7H2,1-2H3.